The highest BCUT2D eigenvalue weighted by Gasteiger charge is 2.46. The van der Waals surface area contributed by atoms with Crippen LogP contribution in [0.25, 0.3) is 94.2 Å². The number of hydrogen-bond acceptors (Lipinski definition) is 2. The third kappa shape index (κ3) is 6.49. The van der Waals surface area contributed by atoms with Gasteiger partial charge in [-0.2, -0.15) is 0 Å². The number of rotatable bonds is 4. The molecule has 0 unspecified atom stereocenters. The summed E-state index contributed by atoms with van der Waals surface area (Å²) in [6.07, 6.45) is -4.02. The molecule has 14 rings (SSSR count). The van der Waals surface area contributed by atoms with Gasteiger partial charge in [-0.25, -0.2) is 4.98 Å². The molecule has 0 fully saturated rings. The first-order chi connectivity index (χ1) is 46.9. The highest BCUT2D eigenvalue weighted by molar-refractivity contribution is 6.13. The van der Waals surface area contributed by atoms with Gasteiger partial charge in [0.1, 0.15) is 17.1 Å². The van der Waals surface area contributed by atoms with Gasteiger partial charge in [0.15, 0.2) is 0 Å². The van der Waals surface area contributed by atoms with Crippen molar-refractivity contribution >= 4 is 38.4 Å². The van der Waals surface area contributed by atoms with E-state index in [-0.39, 0.29) is 44.3 Å². The Kier molecular flexibility index (Phi) is 5.27. The zero-order valence-electron chi connectivity index (χ0n) is 68.9. The van der Waals surface area contributed by atoms with Crippen LogP contribution in [0.1, 0.15) is 154 Å². The Balaban J connectivity index is 1.13. The maximum absolute atomic E-state index is 10.4. The van der Waals surface area contributed by atoms with Gasteiger partial charge >= 0.3 is 0 Å². The molecule has 5 heteroatoms. The monoisotopic (exact) mass is 1000 g/mol. The van der Waals surface area contributed by atoms with Gasteiger partial charge in [0.05, 0.1) is 43.0 Å². The summed E-state index contributed by atoms with van der Waals surface area (Å²) in [4.78, 5) is 5.05. The number of imidazole rings is 2. The summed E-state index contributed by atoms with van der Waals surface area (Å²) in [6.45, 7) is -2.77. The molecule has 0 bridgehead atoms. The van der Waals surface area contributed by atoms with E-state index < -0.39 is 167 Å². The Morgan fingerprint density at radius 1 is 0.640 bits per heavy atom. The molecule has 3 aliphatic rings. The quantitative estimate of drug-likeness (QED) is 0.100. The van der Waals surface area contributed by atoms with Crippen LogP contribution in [0.5, 0.6) is 11.5 Å². The normalized spacial score (nSPS) is 23.7. The average Bonchev–Trinajstić information content (AvgIpc) is 0.872. The van der Waals surface area contributed by atoms with Crippen molar-refractivity contribution in [3.05, 3.63) is 198 Å². The van der Waals surface area contributed by atoms with Crippen LogP contribution in [0.2, 0.25) is 0 Å². The molecule has 0 N–H and O–H groups in total. The predicted octanol–water partition coefficient (Wildman–Crippen LogP) is 17.7. The van der Waals surface area contributed by atoms with Crippen molar-refractivity contribution in [3.63, 3.8) is 0 Å². The third-order valence-electron chi connectivity index (χ3n) is 16.0. The first-order valence-corrected chi connectivity index (χ1v) is 24.6. The molecule has 11 aromatic rings. The number of ether oxygens (including phenoxy) is 1. The molecule has 1 aliphatic carbocycles. The first-order valence-electron chi connectivity index (χ1n) is 38.1. The Hall–Kier alpha value is -7.76. The van der Waals surface area contributed by atoms with Gasteiger partial charge in [0.2, 0.25) is 0 Å². The van der Waals surface area contributed by atoms with E-state index in [1.54, 1.807) is 18.2 Å². The molecule has 8 aromatic carbocycles. The maximum Gasteiger partial charge on any atom is 0.269 e. The Morgan fingerprint density at radius 3 is 2.04 bits per heavy atom. The van der Waals surface area contributed by atoms with Gasteiger partial charge < -0.3 is 4.74 Å². The smallest absolute Gasteiger partial charge is 0.269 e. The van der Waals surface area contributed by atoms with E-state index in [9.17, 15) is 17.8 Å². The second-order valence-corrected chi connectivity index (χ2v) is 21.9. The van der Waals surface area contributed by atoms with E-state index in [0.717, 1.165) is 27.4 Å². The zero-order chi connectivity index (χ0) is 74.9. The van der Waals surface area contributed by atoms with Crippen LogP contribution in [0.4, 0.5) is 0 Å². The highest BCUT2D eigenvalue weighted by Crippen LogP contribution is 2.53. The lowest BCUT2D eigenvalue weighted by Crippen LogP contribution is -2.44. The van der Waals surface area contributed by atoms with Crippen molar-refractivity contribution in [2.75, 3.05) is 0 Å². The van der Waals surface area contributed by atoms with Crippen LogP contribution in [0.3, 0.4) is 0 Å². The standard InChI is InChI=1S/C70H64N4O/c1-66(2,3)43-36-44(38-46(37-43)75-45-30-31-52-54-25-17-27-58-63(54)74-61(70(10,11)69(58,8)9)40-71-65(74)56(52)39-45)72-41-73-62-47(42-29-32-57-59(35-42)68(6,7)34-33-67(57,4)5)23-16-24-53(62)50-21-14-12-19-48(50)49-20-13-15-22-51(49)55-26-18-28-60(72)64(55)73/h12-32,35-40H,33-34H2,1-11H3/i4D3,5D3,6D3,7D3,12D,13D,14D,15D,19D,20D,21D,22D,29D,32D,33D2,34D2,35D. The highest BCUT2D eigenvalue weighted by atomic mass is 16.5. The summed E-state index contributed by atoms with van der Waals surface area (Å²) in [5.74, 6) is 0.687. The van der Waals surface area contributed by atoms with Gasteiger partial charge in [-0.15, -0.1) is 0 Å². The molecule has 0 spiro atoms. The Morgan fingerprint density at radius 2 is 1.31 bits per heavy atom. The summed E-state index contributed by atoms with van der Waals surface area (Å²) < 4.78 is 264. The van der Waals surface area contributed by atoms with Crippen LogP contribution in [-0.2, 0) is 27.1 Å². The van der Waals surface area contributed by atoms with Gasteiger partial charge in [-0.05, 0) is 138 Å². The number of fused-ring (bicyclic) bond motifs is 11. The summed E-state index contributed by atoms with van der Waals surface area (Å²) in [7, 11) is 0. The zero-order valence-corrected chi connectivity index (χ0v) is 41.9. The number of pyridine rings is 1. The van der Waals surface area contributed by atoms with E-state index in [4.69, 9.17) is 28.9 Å². The van der Waals surface area contributed by atoms with Crippen molar-refractivity contribution in [1.29, 1.82) is 0 Å². The van der Waals surface area contributed by atoms with Crippen LogP contribution in [0.15, 0.2) is 164 Å². The average molecular weight is 1000 g/mol. The van der Waals surface area contributed by atoms with E-state index in [1.165, 1.54) is 39.0 Å². The lowest BCUT2D eigenvalue weighted by atomic mass is 9.61. The molecule has 0 radical (unpaired) electrons. The fourth-order valence-corrected chi connectivity index (χ4v) is 11.4. The van der Waals surface area contributed by atoms with Crippen LogP contribution in [0, 0.1) is 6.33 Å². The Bertz CT molecular complexity index is 5560. The van der Waals surface area contributed by atoms with Crippen molar-refractivity contribution in [1.82, 2.24) is 14.0 Å². The minimum Gasteiger partial charge on any atom is -0.458 e. The van der Waals surface area contributed by atoms with E-state index in [0.29, 0.717) is 22.6 Å². The van der Waals surface area contributed by atoms with Crippen molar-refractivity contribution in [2.45, 2.75) is 116 Å². The number of hydrogen-bond donors (Lipinski definition) is 0. The minimum absolute atomic E-state index is 0.0494. The lowest BCUT2D eigenvalue weighted by molar-refractivity contribution is -0.570. The summed E-state index contributed by atoms with van der Waals surface area (Å²) in [5, 5.41) is 2.73. The summed E-state index contributed by atoms with van der Waals surface area (Å²) in [6, 6.07) is 14.8. The van der Waals surface area contributed by atoms with Crippen molar-refractivity contribution < 1.29 is 46.3 Å². The molecule has 75 heavy (non-hydrogen) atoms. The first kappa shape index (κ1) is 25.7. The van der Waals surface area contributed by atoms with Crippen molar-refractivity contribution in [2.24, 2.45) is 0 Å². The molecule has 5 nitrogen and oxygen atoms in total. The van der Waals surface area contributed by atoms with Gasteiger partial charge in [0.25, 0.3) is 6.33 Å². The molecule has 0 saturated heterocycles. The topological polar surface area (TPSA) is 35.3 Å². The third-order valence-corrected chi connectivity index (χ3v) is 16.0. The second kappa shape index (κ2) is 15.4. The maximum atomic E-state index is 10.4. The number of benzene rings is 8. The SMILES string of the molecule is [2H]c1c([2H])c([2H])c2c(c1[2H])-c1cccc(-c3c([2H])c([2H])c4c(c3[2H])C(C([2H])([2H])[2H])(C([2H])([2H])[2H])C([2H])([2H])C([2H])([2H])C4(C([2H])([2H])[2H])C([2H])([2H])[2H])c1-[n+]1[c-]n(-c3cc(Oc4ccc5c(c4)c4ncc6n4c4c(cccc54)C(C)(C)C6(C)C)cc(C(C)(C)C)c3)c3cccc(c31)-c1c([2H])c([2H])c([2H])c([2H])c1-2. The fraction of sp³-hybridized carbons (Fsp3) is 0.257. The van der Waals surface area contributed by atoms with Crippen molar-refractivity contribution in [3.8, 4) is 67.4 Å². The summed E-state index contributed by atoms with van der Waals surface area (Å²) >= 11 is 0. The van der Waals surface area contributed by atoms with E-state index >= 15 is 0 Å². The van der Waals surface area contributed by atoms with Crippen LogP contribution in [-0.4, -0.2) is 14.0 Å². The number of nitrogens with zero attached hydrogens (tertiary/aromatic N) is 4. The molecule has 0 atom stereocenters. The molecule has 5 heterocycles. The number of para-hydroxylation sites is 3. The molecular weight excluding hydrogens is 913 g/mol. The molecular formula is C70H64N4O. The fourth-order valence-electron chi connectivity index (χ4n) is 11.4. The van der Waals surface area contributed by atoms with E-state index in [2.05, 4.69) is 56.6 Å². The largest absolute Gasteiger partial charge is 0.458 e. The lowest BCUT2D eigenvalue weighted by Gasteiger charge is -2.45. The van der Waals surface area contributed by atoms with Crippen LogP contribution >= 0.6 is 0 Å². The molecule has 2 aliphatic heterocycles. The van der Waals surface area contributed by atoms with Crippen LogP contribution < -0.4 is 9.30 Å². The van der Waals surface area contributed by atoms with E-state index in [1.807, 2.05) is 57.3 Å². The summed E-state index contributed by atoms with van der Waals surface area (Å²) in [5.41, 5.74) is -12.7. The van der Waals surface area contributed by atoms with Gasteiger partial charge in [-0.3, -0.25) is 13.5 Å². The molecule has 0 amide bonds. The number of aromatic nitrogens is 4. The predicted molar refractivity (Wildman–Crippen MR) is 309 cm³/mol. The molecule has 370 valence electrons. The minimum atomic E-state index is -4.68. The van der Waals surface area contributed by atoms with Gasteiger partial charge in [-0.1, -0.05) is 197 Å². The second-order valence-electron chi connectivity index (χ2n) is 21.9. The Labute approximate surface area is 479 Å². The van der Waals surface area contributed by atoms with Gasteiger partial charge in [0, 0.05) is 55.4 Å². The molecule has 0 saturated carbocycles. The molecule has 3 aromatic heterocycles.